The summed E-state index contributed by atoms with van der Waals surface area (Å²) in [6, 6.07) is 5.37. The molecule has 3 aliphatic rings. The van der Waals surface area contributed by atoms with Crippen LogP contribution < -0.4 is 10.1 Å². The number of unbranched alkanes of at least 4 members (excludes halogenated alkanes) is 1. The molecule has 3 amide bonds. The highest BCUT2D eigenvalue weighted by molar-refractivity contribution is 6.31. The number of nitrogens with zero attached hydrogens (tertiary/aromatic N) is 4. The number of allylic oxidation sites excluding steroid dienone is 1. The lowest BCUT2D eigenvalue weighted by Crippen LogP contribution is -2.56. The van der Waals surface area contributed by atoms with Gasteiger partial charge in [-0.2, -0.15) is 0 Å². The summed E-state index contributed by atoms with van der Waals surface area (Å²) in [6.45, 7) is 5.51. The van der Waals surface area contributed by atoms with E-state index < -0.39 is 24.2 Å². The quantitative estimate of drug-likeness (QED) is 0.228. The molecule has 1 saturated carbocycles. The van der Waals surface area contributed by atoms with Gasteiger partial charge in [0.15, 0.2) is 5.15 Å². The van der Waals surface area contributed by atoms with Crippen LogP contribution in [0.25, 0.3) is 11.0 Å². The third-order valence-corrected chi connectivity index (χ3v) is 8.80. The maximum absolute atomic E-state index is 14.2. The number of halogens is 1. The number of aromatic nitrogens is 2. The van der Waals surface area contributed by atoms with Gasteiger partial charge in [0.25, 0.3) is 5.88 Å². The Morgan fingerprint density at radius 3 is 2.58 bits per heavy atom. The Morgan fingerprint density at radius 2 is 1.86 bits per heavy atom. The number of hydrogen-bond donors (Lipinski definition) is 1. The summed E-state index contributed by atoms with van der Waals surface area (Å²) in [7, 11) is 1.30. The minimum absolute atomic E-state index is 0.0240. The topological polar surface area (TPSA) is 123 Å². The first-order chi connectivity index (χ1) is 20.9. The van der Waals surface area contributed by atoms with Crippen LogP contribution >= 0.6 is 11.6 Å². The van der Waals surface area contributed by atoms with Crippen LogP contribution in [0.15, 0.2) is 36.9 Å². The molecule has 1 N–H and O–H groups in total. The van der Waals surface area contributed by atoms with Crippen molar-refractivity contribution in [3.8, 4) is 5.88 Å². The van der Waals surface area contributed by atoms with E-state index in [1.165, 1.54) is 12.0 Å². The number of hydrogen-bond acceptors (Lipinski definition) is 8. The average Bonchev–Trinajstić information content (AvgIpc) is 3.79. The number of fused-ring (bicyclic) bond motifs is 1. The number of carbonyl (C=O) groups is 3. The fraction of sp³-hybridized carbons (Fsp3) is 0.581. The van der Waals surface area contributed by atoms with E-state index >= 15 is 0 Å². The summed E-state index contributed by atoms with van der Waals surface area (Å²) in [5.74, 6) is -0.736. The first-order valence-corrected chi connectivity index (χ1v) is 15.5. The molecule has 3 heterocycles. The predicted molar refractivity (Wildman–Crippen MR) is 161 cm³/mol. The Bertz CT molecular complexity index is 1320. The molecule has 4 atom stereocenters. The van der Waals surface area contributed by atoms with Crippen LogP contribution in [-0.4, -0.2) is 95.3 Å². The van der Waals surface area contributed by atoms with E-state index in [0.717, 1.165) is 44.9 Å². The second-order valence-corrected chi connectivity index (χ2v) is 11.8. The zero-order valence-electron chi connectivity index (χ0n) is 24.6. The van der Waals surface area contributed by atoms with E-state index in [-0.39, 0.29) is 48.0 Å². The van der Waals surface area contributed by atoms with Gasteiger partial charge in [-0.05, 0) is 50.2 Å². The number of urea groups is 1. The lowest BCUT2D eigenvalue weighted by atomic mass is 9.96. The van der Waals surface area contributed by atoms with Crippen LogP contribution in [0.4, 0.5) is 4.79 Å². The molecule has 0 bridgehead atoms. The van der Waals surface area contributed by atoms with Crippen LogP contribution in [0.5, 0.6) is 5.88 Å². The van der Waals surface area contributed by atoms with E-state index in [1.54, 1.807) is 17.0 Å². The first-order valence-electron chi connectivity index (χ1n) is 15.1. The highest BCUT2D eigenvalue weighted by Gasteiger charge is 2.46. The number of likely N-dealkylation sites (tertiary alicyclic amines) is 2. The Hall–Kier alpha value is -3.44. The molecule has 0 spiro atoms. The van der Waals surface area contributed by atoms with E-state index in [9.17, 15) is 14.4 Å². The van der Waals surface area contributed by atoms with E-state index in [1.807, 2.05) is 18.2 Å². The van der Waals surface area contributed by atoms with Crippen molar-refractivity contribution in [3.05, 3.63) is 42.1 Å². The Morgan fingerprint density at radius 1 is 1.12 bits per heavy atom. The molecule has 232 valence electrons. The molecular formula is C31H40ClN5O6. The van der Waals surface area contributed by atoms with Crippen LogP contribution in [0.2, 0.25) is 5.15 Å². The number of rotatable bonds is 11. The van der Waals surface area contributed by atoms with Gasteiger partial charge in [-0.15, -0.1) is 6.58 Å². The summed E-state index contributed by atoms with van der Waals surface area (Å²) in [5, 5.41) is 3.14. The number of esters is 1. The predicted octanol–water partition coefficient (Wildman–Crippen LogP) is 4.13. The van der Waals surface area contributed by atoms with Crippen molar-refractivity contribution >= 4 is 40.5 Å². The second-order valence-electron chi connectivity index (χ2n) is 11.4. The zero-order chi connectivity index (χ0) is 30.3. The maximum atomic E-state index is 14.2. The van der Waals surface area contributed by atoms with Crippen molar-refractivity contribution in [2.24, 2.45) is 5.92 Å². The molecular weight excluding hydrogens is 574 g/mol. The number of methoxy groups -OCH3 is 1. The minimum Gasteiger partial charge on any atom is -0.470 e. The van der Waals surface area contributed by atoms with Crippen LogP contribution in [0.3, 0.4) is 0 Å². The molecule has 1 aromatic heterocycles. The summed E-state index contributed by atoms with van der Waals surface area (Å²) in [6.07, 6.45) is 7.62. The van der Waals surface area contributed by atoms with Crippen molar-refractivity contribution < 1.29 is 28.6 Å². The molecule has 43 heavy (non-hydrogen) atoms. The third-order valence-electron chi connectivity index (χ3n) is 8.55. The number of ether oxygens (including phenoxy) is 3. The van der Waals surface area contributed by atoms with Crippen LogP contribution in [0, 0.1) is 5.92 Å². The number of nitrogens with one attached hydrogen (secondary N) is 1. The fourth-order valence-corrected chi connectivity index (χ4v) is 6.46. The highest BCUT2D eigenvalue weighted by Crippen LogP contribution is 2.33. The molecule has 2 aliphatic heterocycles. The molecule has 3 fully saturated rings. The fourth-order valence-electron chi connectivity index (χ4n) is 6.28. The number of para-hydroxylation sites is 2. The van der Waals surface area contributed by atoms with Crippen LogP contribution in [-0.2, 0) is 19.1 Å². The Labute approximate surface area is 256 Å². The van der Waals surface area contributed by atoms with Crippen molar-refractivity contribution in [1.29, 1.82) is 0 Å². The van der Waals surface area contributed by atoms with E-state index in [4.69, 9.17) is 25.8 Å². The van der Waals surface area contributed by atoms with Crippen molar-refractivity contribution in [2.75, 3.05) is 33.4 Å². The lowest BCUT2D eigenvalue weighted by molar-refractivity contribution is -0.152. The molecule has 11 nitrogen and oxygen atoms in total. The minimum atomic E-state index is -0.865. The lowest BCUT2D eigenvalue weighted by Gasteiger charge is -2.32. The Kier molecular flexibility index (Phi) is 10.3. The van der Waals surface area contributed by atoms with Gasteiger partial charge in [-0.25, -0.2) is 19.6 Å². The van der Waals surface area contributed by atoms with Gasteiger partial charge in [0.05, 0.1) is 30.8 Å². The van der Waals surface area contributed by atoms with Crippen LogP contribution in [0.1, 0.15) is 51.4 Å². The maximum Gasteiger partial charge on any atom is 0.328 e. The molecule has 12 heteroatoms. The average molecular weight is 614 g/mol. The van der Waals surface area contributed by atoms with Crippen molar-refractivity contribution in [1.82, 2.24) is 25.1 Å². The van der Waals surface area contributed by atoms with Gasteiger partial charge >= 0.3 is 12.0 Å². The molecule has 1 aromatic carbocycles. The summed E-state index contributed by atoms with van der Waals surface area (Å²) in [5.41, 5.74) is 1.25. The molecule has 1 aliphatic carbocycles. The number of benzene rings is 1. The smallest absolute Gasteiger partial charge is 0.328 e. The monoisotopic (exact) mass is 613 g/mol. The molecule has 5 rings (SSSR count). The third kappa shape index (κ3) is 7.38. The van der Waals surface area contributed by atoms with E-state index in [0.29, 0.717) is 30.7 Å². The summed E-state index contributed by atoms with van der Waals surface area (Å²) in [4.78, 5) is 52.5. The first kappa shape index (κ1) is 31.0. The SMILES string of the molecule is C=CCCCO[C@H]1CCN(C(=O)N[C@H](C(=O)N2C[C@H](Oc3nc4ccccc4nc3Cl)C[C@H]2C(=O)OC)C2CCCC2)C1. The standard InChI is InChI=1S/C31H40ClN5O6/c1-3-4-9-16-42-21-14-15-36(18-21)31(40)35-26(20-10-5-6-11-20)29(38)37-19-22(17-25(37)30(39)41-2)43-28-27(32)33-23-12-7-8-13-24(23)34-28/h3,7-8,12-13,20-22,25-26H,1,4-6,9-11,14-19H2,2H3,(H,35,40)/t21-,22+,25-,26-/m0/s1. The van der Waals surface area contributed by atoms with Gasteiger partial charge in [0, 0.05) is 26.1 Å². The van der Waals surface area contributed by atoms with E-state index in [2.05, 4.69) is 21.9 Å². The molecule has 0 radical (unpaired) electrons. The summed E-state index contributed by atoms with van der Waals surface area (Å²) < 4.78 is 17.1. The normalized spacial score (nSPS) is 23.0. The van der Waals surface area contributed by atoms with Gasteiger partial charge in [0.2, 0.25) is 5.91 Å². The van der Waals surface area contributed by atoms with Gasteiger partial charge < -0.3 is 29.3 Å². The van der Waals surface area contributed by atoms with Gasteiger partial charge in [-0.3, -0.25) is 4.79 Å². The number of amides is 3. The zero-order valence-corrected chi connectivity index (χ0v) is 25.3. The number of carbonyl (C=O) groups excluding carboxylic acids is 3. The van der Waals surface area contributed by atoms with Gasteiger partial charge in [-0.1, -0.05) is 42.7 Å². The highest BCUT2D eigenvalue weighted by atomic mass is 35.5. The largest absolute Gasteiger partial charge is 0.470 e. The second kappa shape index (κ2) is 14.4. The molecule has 2 aromatic rings. The Balaban J connectivity index is 1.28. The van der Waals surface area contributed by atoms with Crippen molar-refractivity contribution in [2.45, 2.75) is 75.7 Å². The van der Waals surface area contributed by atoms with Gasteiger partial charge in [0.1, 0.15) is 18.2 Å². The molecule has 2 saturated heterocycles. The molecule has 0 unspecified atom stereocenters. The summed E-state index contributed by atoms with van der Waals surface area (Å²) >= 11 is 6.38. The van der Waals surface area contributed by atoms with Crippen molar-refractivity contribution in [3.63, 3.8) is 0 Å².